The highest BCUT2D eigenvalue weighted by Gasteiger charge is 2.30. The Kier molecular flexibility index (Phi) is 7.06. The maximum atomic E-state index is 10.0. The summed E-state index contributed by atoms with van der Waals surface area (Å²) in [5, 5.41) is 40.7. The summed E-state index contributed by atoms with van der Waals surface area (Å²) in [4.78, 5) is 0. The van der Waals surface area contributed by atoms with Crippen molar-refractivity contribution in [1.82, 2.24) is 0 Å². The molecule has 4 aromatic carbocycles. The number of phenols is 4. The highest BCUT2D eigenvalue weighted by molar-refractivity contribution is 6.33. The quantitative estimate of drug-likeness (QED) is 0.208. The van der Waals surface area contributed by atoms with Gasteiger partial charge in [0.2, 0.25) is 0 Å². The van der Waals surface area contributed by atoms with Gasteiger partial charge in [0.15, 0.2) is 0 Å². The minimum Gasteiger partial charge on any atom is -0.506 e. The maximum Gasteiger partial charge on any atom is 0.134 e. The molecule has 8 heteroatoms. The van der Waals surface area contributed by atoms with E-state index in [4.69, 9.17) is 46.4 Å². The molecule has 0 amide bonds. The summed E-state index contributed by atoms with van der Waals surface area (Å²) in [5.41, 5.74) is 2.96. The zero-order chi connectivity index (χ0) is 24.6. The molecule has 174 valence electrons. The molecule has 0 spiro atoms. The fraction of sp³-hybridized carbons (Fsp3) is 0.0769. The van der Waals surface area contributed by atoms with Crippen molar-refractivity contribution in [3.05, 3.63) is 115 Å². The summed E-state index contributed by atoms with van der Waals surface area (Å²) in [7, 11) is 0. The Morgan fingerprint density at radius 3 is 0.765 bits per heavy atom. The lowest BCUT2D eigenvalue weighted by Crippen LogP contribution is -2.15. The average Bonchev–Trinajstić information content (AvgIpc) is 2.80. The molecule has 0 aromatic heterocycles. The number of phenolic OH excluding ortho intramolecular Hbond substituents is 4. The third-order valence-corrected chi connectivity index (χ3v) is 6.87. The van der Waals surface area contributed by atoms with E-state index in [9.17, 15) is 20.4 Å². The molecule has 4 nitrogen and oxygen atoms in total. The molecule has 0 aliphatic heterocycles. The predicted octanol–water partition coefficient (Wildman–Crippen LogP) is 8.09. The first-order chi connectivity index (χ1) is 16.2. The Bertz CT molecular complexity index is 1170. The molecule has 4 aromatic rings. The van der Waals surface area contributed by atoms with Gasteiger partial charge in [-0.2, -0.15) is 0 Å². The van der Waals surface area contributed by atoms with Crippen LogP contribution in [0.3, 0.4) is 0 Å². The lowest BCUT2D eigenvalue weighted by Gasteiger charge is -2.30. The van der Waals surface area contributed by atoms with Crippen molar-refractivity contribution >= 4 is 46.4 Å². The number of aromatic hydroxyl groups is 4. The molecule has 0 heterocycles. The van der Waals surface area contributed by atoms with Gasteiger partial charge in [-0.25, -0.2) is 0 Å². The molecule has 0 saturated carbocycles. The minimum absolute atomic E-state index is 0.0650. The maximum absolute atomic E-state index is 10.0. The van der Waals surface area contributed by atoms with E-state index in [0.29, 0.717) is 0 Å². The van der Waals surface area contributed by atoms with E-state index in [0.717, 1.165) is 22.3 Å². The second-order valence-electron chi connectivity index (χ2n) is 7.80. The van der Waals surface area contributed by atoms with Crippen molar-refractivity contribution in [2.75, 3.05) is 0 Å². The van der Waals surface area contributed by atoms with Crippen molar-refractivity contribution in [3.8, 4) is 23.0 Å². The monoisotopic (exact) mass is 534 g/mol. The Labute approximate surface area is 216 Å². The fourth-order valence-electron chi connectivity index (χ4n) is 4.02. The van der Waals surface area contributed by atoms with Gasteiger partial charge >= 0.3 is 0 Å². The smallest absolute Gasteiger partial charge is 0.134 e. The van der Waals surface area contributed by atoms with Gasteiger partial charge in [-0.15, -0.1) is 0 Å². The molecule has 0 fully saturated rings. The molecule has 0 aliphatic rings. The zero-order valence-corrected chi connectivity index (χ0v) is 20.4. The largest absolute Gasteiger partial charge is 0.506 e. The first-order valence-electron chi connectivity index (χ1n) is 10.1. The van der Waals surface area contributed by atoms with Gasteiger partial charge in [-0.1, -0.05) is 70.7 Å². The van der Waals surface area contributed by atoms with E-state index in [1.807, 2.05) is 0 Å². The number of halogens is 4. The van der Waals surface area contributed by atoms with Crippen LogP contribution in [0.25, 0.3) is 0 Å². The fourth-order valence-corrected chi connectivity index (χ4v) is 4.78. The number of hydrogen-bond donors (Lipinski definition) is 4. The number of rotatable bonds is 5. The molecule has 4 N–H and O–H groups in total. The lowest BCUT2D eigenvalue weighted by molar-refractivity contribution is 0.473. The van der Waals surface area contributed by atoms with Gasteiger partial charge < -0.3 is 20.4 Å². The van der Waals surface area contributed by atoms with E-state index < -0.39 is 11.8 Å². The molecule has 0 radical (unpaired) electrons. The molecule has 34 heavy (non-hydrogen) atoms. The average molecular weight is 536 g/mol. The summed E-state index contributed by atoms with van der Waals surface area (Å²) < 4.78 is 0. The molecule has 0 aliphatic carbocycles. The van der Waals surface area contributed by atoms with Crippen LogP contribution in [0.1, 0.15) is 34.1 Å². The van der Waals surface area contributed by atoms with E-state index in [1.54, 1.807) is 48.5 Å². The van der Waals surface area contributed by atoms with Gasteiger partial charge in [0.05, 0.1) is 20.1 Å². The van der Waals surface area contributed by atoms with Crippen molar-refractivity contribution < 1.29 is 20.4 Å². The number of benzene rings is 4. The zero-order valence-electron chi connectivity index (χ0n) is 17.4. The van der Waals surface area contributed by atoms with Crippen LogP contribution in [-0.2, 0) is 0 Å². The van der Waals surface area contributed by atoms with Gasteiger partial charge in [-0.05, 0) is 70.8 Å². The Balaban J connectivity index is 2.03. The van der Waals surface area contributed by atoms with Crippen LogP contribution in [0.2, 0.25) is 20.1 Å². The van der Waals surface area contributed by atoms with Crippen molar-refractivity contribution in [2.45, 2.75) is 11.8 Å². The van der Waals surface area contributed by atoms with Crippen LogP contribution in [0.4, 0.5) is 0 Å². The topological polar surface area (TPSA) is 80.9 Å². The SMILES string of the molecule is Oc1ccc(C(c2ccc(O)c(Cl)c2)C(c2ccc(O)c(Cl)c2)c2ccc(O)c(Cl)c2)cc1Cl. The Morgan fingerprint density at radius 1 is 0.382 bits per heavy atom. The molecule has 0 unspecified atom stereocenters. The molecular weight excluding hydrogens is 518 g/mol. The summed E-state index contributed by atoms with van der Waals surface area (Å²) in [5.74, 6) is -1.15. The summed E-state index contributed by atoms with van der Waals surface area (Å²) >= 11 is 25.1. The number of hydrogen-bond acceptors (Lipinski definition) is 4. The first kappa shape index (κ1) is 24.4. The van der Waals surface area contributed by atoms with Crippen LogP contribution >= 0.6 is 46.4 Å². The van der Waals surface area contributed by atoms with Gasteiger partial charge in [0.25, 0.3) is 0 Å². The Hall–Kier alpha value is -2.76. The van der Waals surface area contributed by atoms with Crippen LogP contribution in [0, 0.1) is 0 Å². The van der Waals surface area contributed by atoms with Crippen molar-refractivity contribution in [3.63, 3.8) is 0 Å². The molecule has 4 rings (SSSR count). The van der Waals surface area contributed by atoms with E-state index in [2.05, 4.69) is 0 Å². The van der Waals surface area contributed by atoms with Crippen molar-refractivity contribution in [2.24, 2.45) is 0 Å². The molecule has 0 bridgehead atoms. The third kappa shape index (κ3) is 4.86. The highest BCUT2D eigenvalue weighted by atomic mass is 35.5. The second kappa shape index (κ2) is 9.85. The molecular formula is C26H18Cl4O4. The van der Waals surface area contributed by atoms with Crippen LogP contribution in [0.15, 0.2) is 72.8 Å². The normalized spacial score (nSPS) is 11.4. The Morgan fingerprint density at radius 2 is 0.588 bits per heavy atom. The second-order valence-corrected chi connectivity index (χ2v) is 9.43. The standard InChI is InChI=1S/C26H18Cl4O4/c27-17-9-13(1-5-21(17)31)25(14-2-6-22(32)18(28)10-14)26(15-3-7-23(33)19(29)11-15)16-4-8-24(34)20(30)12-16/h1-12,25-26,31-34H. The minimum atomic E-state index is -0.447. The molecule has 0 atom stereocenters. The van der Waals surface area contributed by atoms with Crippen LogP contribution in [-0.4, -0.2) is 20.4 Å². The summed E-state index contributed by atoms with van der Waals surface area (Å²) in [6.45, 7) is 0. The first-order valence-corrected chi connectivity index (χ1v) is 11.6. The van der Waals surface area contributed by atoms with E-state index in [1.165, 1.54) is 24.3 Å². The summed E-state index contributed by atoms with van der Waals surface area (Å²) in [6, 6.07) is 19.6. The predicted molar refractivity (Wildman–Crippen MR) is 136 cm³/mol. The van der Waals surface area contributed by atoms with Gasteiger partial charge in [0, 0.05) is 11.8 Å². The van der Waals surface area contributed by atoms with E-state index >= 15 is 0 Å². The molecule has 0 saturated heterocycles. The summed E-state index contributed by atoms with van der Waals surface area (Å²) in [6.07, 6.45) is 0. The van der Waals surface area contributed by atoms with E-state index in [-0.39, 0.29) is 43.1 Å². The highest BCUT2D eigenvalue weighted by Crippen LogP contribution is 2.47. The lowest BCUT2D eigenvalue weighted by atomic mass is 9.73. The van der Waals surface area contributed by atoms with Crippen LogP contribution < -0.4 is 0 Å². The third-order valence-electron chi connectivity index (χ3n) is 5.66. The van der Waals surface area contributed by atoms with Crippen LogP contribution in [0.5, 0.6) is 23.0 Å². The van der Waals surface area contributed by atoms with Gasteiger partial charge in [-0.3, -0.25) is 0 Å². The van der Waals surface area contributed by atoms with Crippen molar-refractivity contribution in [1.29, 1.82) is 0 Å². The van der Waals surface area contributed by atoms with Gasteiger partial charge in [0.1, 0.15) is 23.0 Å².